The fourth-order valence-corrected chi connectivity index (χ4v) is 4.43. The second-order valence-corrected chi connectivity index (χ2v) is 8.00. The van der Waals surface area contributed by atoms with Crippen LogP contribution in [0.3, 0.4) is 0 Å². The molecular formula is C26H20O9. The third-order valence-corrected chi connectivity index (χ3v) is 5.99. The molecule has 1 aromatic heterocycles. The van der Waals surface area contributed by atoms with Crippen molar-refractivity contribution in [1.29, 1.82) is 0 Å². The Hall–Kier alpha value is -4.66. The number of hydrogen-bond donors (Lipinski definition) is 3. The number of hydrogen-bond acceptors (Lipinski definition) is 9. The lowest BCUT2D eigenvalue weighted by Crippen LogP contribution is -2.22. The normalized spacial score (nSPS) is 14.9. The van der Waals surface area contributed by atoms with Crippen molar-refractivity contribution < 1.29 is 38.7 Å². The molecule has 0 spiro atoms. The average Bonchev–Trinajstić information content (AvgIpc) is 2.83. The predicted molar refractivity (Wildman–Crippen MR) is 125 cm³/mol. The summed E-state index contributed by atoms with van der Waals surface area (Å²) in [6, 6.07) is 11.6. The van der Waals surface area contributed by atoms with Crippen LogP contribution in [0, 0.1) is 0 Å². The number of phenols is 3. The Morgan fingerprint density at radius 2 is 1.71 bits per heavy atom. The first kappa shape index (κ1) is 22.1. The van der Waals surface area contributed by atoms with Gasteiger partial charge in [0.05, 0.1) is 20.6 Å². The molecule has 0 saturated heterocycles. The number of para-hydroxylation sites is 1. The molecule has 178 valence electrons. The monoisotopic (exact) mass is 476 g/mol. The molecule has 9 nitrogen and oxygen atoms in total. The highest BCUT2D eigenvalue weighted by atomic mass is 16.5. The van der Waals surface area contributed by atoms with Crippen LogP contribution < -0.4 is 19.6 Å². The Bertz CT molecular complexity index is 1550. The van der Waals surface area contributed by atoms with Crippen LogP contribution in [0.1, 0.15) is 23.5 Å². The Balaban J connectivity index is 1.83. The van der Waals surface area contributed by atoms with Crippen molar-refractivity contribution in [2.24, 2.45) is 0 Å². The number of carbonyl (C=O) groups is 1. The van der Waals surface area contributed by atoms with Gasteiger partial charge in [0.2, 0.25) is 0 Å². The van der Waals surface area contributed by atoms with Gasteiger partial charge >= 0.3 is 5.97 Å². The summed E-state index contributed by atoms with van der Waals surface area (Å²) in [5.74, 6) is -1.31. The van der Waals surface area contributed by atoms with Crippen LogP contribution in [-0.4, -0.2) is 35.5 Å². The van der Waals surface area contributed by atoms with Gasteiger partial charge in [0.1, 0.15) is 28.2 Å². The number of aromatic hydroxyl groups is 3. The van der Waals surface area contributed by atoms with Gasteiger partial charge in [-0.3, -0.25) is 9.59 Å². The highest BCUT2D eigenvalue weighted by Crippen LogP contribution is 2.49. The first-order valence-electron chi connectivity index (χ1n) is 10.6. The van der Waals surface area contributed by atoms with E-state index in [9.17, 15) is 24.9 Å². The highest BCUT2D eigenvalue weighted by molar-refractivity contribution is 5.93. The second-order valence-electron chi connectivity index (χ2n) is 8.00. The van der Waals surface area contributed by atoms with E-state index in [1.54, 1.807) is 18.2 Å². The van der Waals surface area contributed by atoms with E-state index in [1.165, 1.54) is 44.6 Å². The smallest absolute Gasteiger partial charge is 0.312 e. The molecule has 1 aliphatic rings. The lowest BCUT2D eigenvalue weighted by molar-refractivity contribution is -0.135. The van der Waals surface area contributed by atoms with Gasteiger partial charge in [-0.15, -0.1) is 0 Å². The van der Waals surface area contributed by atoms with Crippen molar-refractivity contribution in [2.75, 3.05) is 14.2 Å². The van der Waals surface area contributed by atoms with Gasteiger partial charge in [-0.2, -0.15) is 0 Å². The summed E-state index contributed by atoms with van der Waals surface area (Å²) in [4.78, 5) is 25.6. The summed E-state index contributed by atoms with van der Waals surface area (Å²) in [6.45, 7) is 0. The molecule has 3 N–H and O–H groups in total. The van der Waals surface area contributed by atoms with Crippen molar-refractivity contribution in [2.45, 2.75) is 12.3 Å². The molecule has 3 aromatic carbocycles. The summed E-state index contributed by atoms with van der Waals surface area (Å²) in [6.07, 6.45) is -0.0790. The standard InChI is InChI=1S/C26H20O9/c1-32-19-5-3-4-13(25(19)33-2)14-9-22(31)34-21-11-18(30)24-17(29)10-20(35-26(24)23(14)21)12-6-7-15(27)16(28)8-12/h3-8,10-11,14,27-28,30H,9H2,1-2H3/t14-/m1/s1. The summed E-state index contributed by atoms with van der Waals surface area (Å²) in [5.41, 5.74) is 0.789. The molecule has 4 aromatic rings. The van der Waals surface area contributed by atoms with Crippen molar-refractivity contribution in [3.05, 3.63) is 69.9 Å². The third-order valence-electron chi connectivity index (χ3n) is 5.99. The molecule has 2 heterocycles. The van der Waals surface area contributed by atoms with Gasteiger partial charge in [0, 0.05) is 34.7 Å². The van der Waals surface area contributed by atoms with E-state index in [4.69, 9.17) is 18.6 Å². The van der Waals surface area contributed by atoms with Crippen LogP contribution in [0.15, 0.2) is 57.7 Å². The SMILES string of the molecule is COc1cccc([C@H]2CC(=O)Oc3cc(O)c4c(=O)cc(-c5ccc(O)c(O)c5)oc4c32)c1OC. The minimum absolute atomic E-state index is 0.0254. The molecule has 9 heteroatoms. The van der Waals surface area contributed by atoms with Crippen LogP contribution >= 0.6 is 0 Å². The molecule has 35 heavy (non-hydrogen) atoms. The van der Waals surface area contributed by atoms with E-state index in [0.29, 0.717) is 28.2 Å². The molecule has 1 atom stereocenters. The van der Waals surface area contributed by atoms with Crippen molar-refractivity contribution in [1.82, 2.24) is 0 Å². The largest absolute Gasteiger partial charge is 0.507 e. The zero-order valence-corrected chi connectivity index (χ0v) is 18.7. The minimum Gasteiger partial charge on any atom is -0.507 e. The van der Waals surface area contributed by atoms with E-state index in [-0.39, 0.29) is 34.6 Å². The number of methoxy groups -OCH3 is 2. The first-order chi connectivity index (χ1) is 16.8. The zero-order valence-electron chi connectivity index (χ0n) is 18.7. The van der Waals surface area contributed by atoms with Crippen LogP contribution in [0.5, 0.6) is 34.5 Å². The number of fused-ring (bicyclic) bond motifs is 3. The van der Waals surface area contributed by atoms with Crippen LogP contribution in [-0.2, 0) is 4.79 Å². The third kappa shape index (κ3) is 3.57. The molecule has 0 fully saturated rings. The van der Waals surface area contributed by atoms with Gasteiger partial charge in [0.25, 0.3) is 0 Å². The summed E-state index contributed by atoms with van der Waals surface area (Å²) in [7, 11) is 2.98. The molecule has 0 unspecified atom stereocenters. The summed E-state index contributed by atoms with van der Waals surface area (Å²) < 4.78 is 22.5. The fourth-order valence-electron chi connectivity index (χ4n) is 4.43. The lowest BCUT2D eigenvalue weighted by atomic mass is 9.84. The molecule has 5 rings (SSSR count). The maximum atomic E-state index is 13.1. The lowest BCUT2D eigenvalue weighted by Gasteiger charge is -2.27. The molecular weight excluding hydrogens is 456 g/mol. The first-order valence-corrected chi connectivity index (χ1v) is 10.6. The number of esters is 1. The molecule has 0 aliphatic carbocycles. The van der Waals surface area contributed by atoms with E-state index in [2.05, 4.69) is 0 Å². The number of phenolic OH excluding ortho intramolecular Hbond substituents is 3. The number of ether oxygens (including phenoxy) is 3. The molecule has 0 amide bonds. The molecule has 1 aliphatic heterocycles. The Morgan fingerprint density at radius 1 is 0.914 bits per heavy atom. The molecule has 0 bridgehead atoms. The minimum atomic E-state index is -0.647. The topological polar surface area (TPSA) is 136 Å². The van der Waals surface area contributed by atoms with Gasteiger partial charge in [-0.25, -0.2) is 0 Å². The van der Waals surface area contributed by atoms with Gasteiger partial charge < -0.3 is 33.9 Å². The quantitative estimate of drug-likeness (QED) is 0.226. The van der Waals surface area contributed by atoms with Gasteiger partial charge in [-0.1, -0.05) is 12.1 Å². The zero-order chi connectivity index (χ0) is 24.9. The van der Waals surface area contributed by atoms with Crippen molar-refractivity contribution in [3.63, 3.8) is 0 Å². The maximum absolute atomic E-state index is 13.1. The number of rotatable bonds is 4. The molecule has 0 saturated carbocycles. The van der Waals surface area contributed by atoms with Crippen molar-refractivity contribution >= 4 is 16.9 Å². The van der Waals surface area contributed by atoms with Crippen LogP contribution in [0.4, 0.5) is 0 Å². The van der Waals surface area contributed by atoms with E-state index < -0.39 is 28.8 Å². The average molecular weight is 476 g/mol. The van der Waals surface area contributed by atoms with Gasteiger partial charge in [0.15, 0.2) is 28.4 Å². The van der Waals surface area contributed by atoms with E-state index >= 15 is 0 Å². The van der Waals surface area contributed by atoms with E-state index in [1.807, 2.05) is 0 Å². The molecule has 0 radical (unpaired) electrons. The van der Waals surface area contributed by atoms with Crippen molar-refractivity contribution in [3.8, 4) is 45.8 Å². The van der Waals surface area contributed by atoms with Gasteiger partial charge in [-0.05, 0) is 24.3 Å². The summed E-state index contributed by atoms with van der Waals surface area (Å²) in [5, 5.41) is 30.1. The van der Waals surface area contributed by atoms with Crippen LogP contribution in [0.25, 0.3) is 22.3 Å². The number of benzene rings is 3. The predicted octanol–water partition coefficient (Wildman–Crippen LogP) is 4.04. The fraction of sp³-hybridized carbons (Fsp3) is 0.154. The number of carbonyl (C=O) groups excluding carboxylic acids is 1. The van der Waals surface area contributed by atoms with E-state index in [0.717, 1.165) is 0 Å². The highest BCUT2D eigenvalue weighted by Gasteiger charge is 2.35. The van der Waals surface area contributed by atoms with Crippen LogP contribution in [0.2, 0.25) is 0 Å². The Morgan fingerprint density at radius 3 is 2.43 bits per heavy atom. The maximum Gasteiger partial charge on any atom is 0.312 e. The Kier molecular flexibility index (Phi) is 5.24. The Labute approximate surface area is 198 Å². The summed E-state index contributed by atoms with van der Waals surface area (Å²) >= 11 is 0. The second kappa shape index (κ2) is 8.28.